The Morgan fingerprint density at radius 2 is 1.81 bits per heavy atom. The highest BCUT2D eigenvalue weighted by Crippen LogP contribution is 2.22. The van der Waals surface area contributed by atoms with Gasteiger partial charge >= 0.3 is 0 Å². The van der Waals surface area contributed by atoms with Gasteiger partial charge in [-0.2, -0.15) is 5.26 Å². The molecule has 6 heteroatoms. The van der Waals surface area contributed by atoms with Gasteiger partial charge in [0.1, 0.15) is 11.0 Å². The molecule has 0 saturated carbocycles. The van der Waals surface area contributed by atoms with Crippen LogP contribution in [-0.4, -0.2) is 14.2 Å². The number of nitriles is 1. The standard InChI is InChI=1S/C15H14N2O2S2/c1-2-20-14-9-7-13(8-10-14)17-21(18,19)15-6-4-3-5-12(15)11-16/h3-10,17H,2H2,1H3. The quantitative estimate of drug-likeness (QED) is 0.857. The van der Waals surface area contributed by atoms with Gasteiger partial charge in [-0.15, -0.1) is 11.8 Å². The van der Waals surface area contributed by atoms with Gasteiger partial charge in [0.15, 0.2) is 0 Å². The summed E-state index contributed by atoms with van der Waals surface area (Å²) in [6, 6.07) is 15.2. The first-order chi connectivity index (χ1) is 10.1. The van der Waals surface area contributed by atoms with Crippen LogP contribution in [-0.2, 0) is 10.0 Å². The average Bonchev–Trinajstić information content (AvgIpc) is 2.49. The highest BCUT2D eigenvalue weighted by Gasteiger charge is 2.18. The zero-order chi connectivity index (χ0) is 15.3. The third kappa shape index (κ3) is 3.78. The molecule has 1 N–H and O–H groups in total. The van der Waals surface area contributed by atoms with E-state index in [1.54, 1.807) is 36.0 Å². The van der Waals surface area contributed by atoms with E-state index >= 15 is 0 Å². The van der Waals surface area contributed by atoms with Crippen LogP contribution in [0.5, 0.6) is 0 Å². The van der Waals surface area contributed by atoms with Crippen LogP contribution in [0.3, 0.4) is 0 Å². The Hall–Kier alpha value is -1.97. The number of sulfonamides is 1. The number of rotatable bonds is 5. The van der Waals surface area contributed by atoms with Crippen LogP contribution in [0.25, 0.3) is 0 Å². The molecule has 0 radical (unpaired) electrons. The first kappa shape index (κ1) is 15.4. The fraction of sp³-hybridized carbons (Fsp3) is 0.133. The molecule has 0 aromatic heterocycles. The summed E-state index contributed by atoms with van der Waals surface area (Å²) < 4.78 is 27.1. The zero-order valence-corrected chi connectivity index (χ0v) is 13.0. The maximum absolute atomic E-state index is 12.3. The van der Waals surface area contributed by atoms with Crippen molar-refractivity contribution >= 4 is 27.5 Å². The summed E-state index contributed by atoms with van der Waals surface area (Å²) in [4.78, 5) is 1.07. The first-order valence-corrected chi connectivity index (χ1v) is 8.78. The summed E-state index contributed by atoms with van der Waals surface area (Å²) in [5.41, 5.74) is 0.603. The zero-order valence-electron chi connectivity index (χ0n) is 11.4. The van der Waals surface area contributed by atoms with Crippen LogP contribution in [0.2, 0.25) is 0 Å². The van der Waals surface area contributed by atoms with E-state index in [1.165, 1.54) is 12.1 Å². The van der Waals surface area contributed by atoms with Crippen molar-refractivity contribution in [1.29, 1.82) is 5.26 Å². The van der Waals surface area contributed by atoms with Gasteiger partial charge in [0, 0.05) is 10.6 Å². The molecule has 0 heterocycles. The molecule has 0 atom stereocenters. The van der Waals surface area contributed by atoms with Crippen LogP contribution in [0.1, 0.15) is 12.5 Å². The fourth-order valence-electron chi connectivity index (χ4n) is 1.79. The molecule has 0 spiro atoms. The lowest BCUT2D eigenvalue weighted by Gasteiger charge is -2.09. The molecule has 0 fully saturated rings. The Bertz CT molecular complexity index is 763. The van der Waals surface area contributed by atoms with Crippen molar-refractivity contribution in [3.63, 3.8) is 0 Å². The molecule has 0 aliphatic rings. The number of hydrogen-bond donors (Lipinski definition) is 1. The van der Waals surface area contributed by atoms with Gasteiger partial charge in [-0.1, -0.05) is 19.1 Å². The number of nitrogens with zero attached hydrogens (tertiary/aromatic N) is 1. The normalized spacial score (nSPS) is 10.9. The van der Waals surface area contributed by atoms with Crippen LogP contribution in [0.15, 0.2) is 58.3 Å². The van der Waals surface area contributed by atoms with Gasteiger partial charge in [-0.3, -0.25) is 4.72 Å². The van der Waals surface area contributed by atoms with Crippen molar-refractivity contribution in [2.45, 2.75) is 16.7 Å². The summed E-state index contributed by atoms with van der Waals surface area (Å²) in [5.74, 6) is 0.959. The molecule has 2 rings (SSSR count). The maximum atomic E-state index is 12.3. The van der Waals surface area contributed by atoms with E-state index in [-0.39, 0.29) is 10.5 Å². The molecule has 0 aliphatic heterocycles. The molecule has 0 amide bonds. The van der Waals surface area contributed by atoms with E-state index in [0.717, 1.165) is 10.6 Å². The first-order valence-electron chi connectivity index (χ1n) is 6.31. The number of anilines is 1. The molecule has 2 aromatic rings. The molecule has 0 saturated heterocycles. The van der Waals surface area contributed by atoms with Crippen molar-refractivity contribution in [2.75, 3.05) is 10.5 Å². The summed E-state index contributed by atoms with van der Waals surface area (Å²) in [7, 11) is -3.76. The summed E-state index contributed by atoms with van der Waals surface area (Å²) in [6.45, 7) is 2.06. The van der Waals surface area contributed by atoms with Gasteiger partial charge in [-0.05, 0) is 42.2 Å². The number of benzene rings is 2. The second-order valence-electron chi connectivity index (χ2n) is 4.17. The second kappa shape index (κ2) is 6.66. The molecule has 0 aliphatic carbocycles. The van der Waals surface area contributed by atoms with Gasteiger partial charge in [-0.25, -0.2) is 8.42 Å². The monoisotopic (exact) mass is 318 g/mol. The minimum absolute atomic E-state index is 0.0143. The Balaban J connectivity index is 2.27. The Kier molecular flexibility index (Phi) is 4.89. The highest BCUT2D eigenvalue weighted by atomic mass is 32.2. The molecule has 4 nitrogen and oxygen atoms in total. The Morgan fingerprint density at radius 3 is 2.43 bits per heavy atom. The molecular formula is C15H14N2O2S2. The predicted octanol–water partition coefficient (Wildman–Crippen LogP) is 3.47. The van der Waals surface area contributed by atoms with Crippen molar-refractivity contribution in [3.05, 3.63) is 54.1 Å². The molecule has 21 heavy (non-hydrogen) atoms. The van der Waals surface area contributed by atoms with E-state index in [0.29, 0.717) is 5.69 Å². The average molecular weight is 318 g/mol. The Morgan fingerprint density at radius 1 is 1.14 bits per heavy atom. The molecule has 0 unspecified atom stereocenters. The summed E-state index contributed by atoms with van der Waals surface area (Å²) in [6.07, 6.45) is 0. The smallest absolute Gasteiger partial charge is 0.263 e. The van der Waals surface area contributed by atoms with E-state index in [9.17, 15) is 8.42 Å². The second-order valence-corrected chi connectivity index (χ2v) is 7.16. The van der Waals surface area contributed by atoms with Crippen molar-refractivity contribution in [1.82, 2.24) is 0 Å². The van der Waals surface area contributed by atoms with Gasteiger partial charge in [0.05, 0.1) is 5.56 Å². The van der Waals surface area contributed by atoms with Crippen molar-refractivity contribution in [3.8, 4) is 6.07 Å². The van der Waals surface area contributed by atoms with Gasteiger partial charge in [0.2, 0.25) is 0 Å². The number of thioether (sulfide) groups is 1. The molecule has 2 aromatic carbocycles. The number of hydrogen-bond acceptors (Lipinski definition) is 4. The maximum Gasteiger partial charge on any atom is 0.263 e. The van der Waals surface area contributed by atoms with Crippen molar-refractivity contribution in [2.24, 2.45) is 0 Å². The lowest BCUT2D eigenvalue weighted by Crippen LogP contribution is -2.14. The predicted molar refractivity (Wildman–Crippen MR) is 84.8 cm³/mol. The van der Waals surface area contributed by atoms with E-state index in [2.05, 4.69) is 11.6 Å². The Labute approximate surface area is 128 Å². The lowest BCUT2D eigenvalue weighted by atomic mass is 10.2. The summed E-state index contributed by atoms with van der Waals surface area (Å²) >= 11 is 1.68. The minimum atomic E-state index is -3.76. The largest absolute Gasteiger partial charge is 0.280 e. The highest BCUT2D eigenvalue weighted by molar-refractivity contribution is 7.99. The molecular weight excluding hydrogens is 304 g/mol. The SMILES string of the molecule is CCSc1ccc(NS(=O)(=O)c2ccccc2C#N)cc1. The number of nitrogens with one attached hydrogen (secondary N) is 1. The third-order valence-corrected chi connectivity index (χ3v) is 5.05. The minimum Gasteiger partial charge on any atom is -0.280 e. The van der Waals surface area contributed by atoms with E-state index < -0.39 is 10.0 Å². The molecule has 0 bridgehead atoms. The van der Waals surface area contributed by atoms with E-state index in [1.807, 2.05) is 18.2 Å². The fourth-order valence-corrected chi connectivity index (χ4v) is 3.67. The van der Waals surface area contributed by atoms with Crippen molar-refractivity contribution < 1.29 is 8.42 Å². The van der Waals surface area contributed by atoms with Crippen LogP contribution < -0.4 is 4.72 Å². The van der Waals surface area contributed by atoms with Gasteiger partial charge < -0.3 is 0 Å². The summed E-state index contributed by atoms with van der Waals surface area (Å²) in [5, 5.41) is 9.00. The van der Waals surface area contributed by atoms with Gasteiger partial charge in [0.25, 0.3) is 10.0 Å². The topological polar surface area (TPSA) is 70.0 Å². The van der Waals surface area contributed by atoms with Crippen LogP contribution >= 0.6 is 11.8 Å². The lowest BCUT2D eigenvalue weighted by molar-refractivity contribution is 0.601. The van der Waals surface area contributed by atoms with Crippen LogP contribution in [0, 0.1) is 11.3 Å². The van der Waals surface area contributed by atoms with Crippen LogP contribution in [0.4, 0.5) is 5.69 Å². The van der Waals surface area contributed by atoms with E-state index in [4.69, 9.17) is 5.26 Å². The third-order valence-electron chi connectivity index (χ3n) is 2.71. The molecule has 108 valence electrons.